The molecule has 1 amide bonds. The van der Waals surface area contributed by atoms with Crippen LogP contribution < -0.4 is 4.90 Å². The first-order valence-electron chi connectivity index (χ1n) is 8.41. The Morgan fingerprint density at radius 3 is 2.75 bits per heavy atom. The first-order valence-corrected chi connectivity index (χ1v) is 9.29. The van der Waals surface area contributed by atoms with Crippen molar-refractivity contribution in [3.63, 3.8) is 0 Å². The van der Waals surface area contributed by atoms with Crippen LogP contribution in [0.2, 0.25) is 0 Å². The van der Waals surface area contributed by atoms with Gasteiger partial charge in [0.05, 0.1) is 0 Å². The van der Waals surface area contributed by atoms with Crippen LogP contribution in [0.15, 0.2) is 35.8 Å². The highest BCUT2D eigenvalue weighted by molar-refractivity contribution is 7.13. The normalized spacial score (nSPS) is 23.9. The number of carbonyl (C=O) groups excluding carboxylic acids is 1. The van der Waals surface area contributed by atoms with Gasteiger partial charge < -0.3 is 9.80 Å². The van der Waals surface area contributed by atoms with Gasteiger partial charge >= 0.3 is 0 Å². The number of anilines is 1. The van der Waals surface area contributed by atoms with Gasteiger partial charge in [-0.3, -0.25) is 4.79 Å². The van der Waals surface area contributed by atoms with E-state index in [0.717, 1.165) is 49.7 Å². The van der Waals surface area contributed by atoms with Crippen molar-refractivity contribution in [1.82, 2.24) is 9.88 Å². The van der Waals surface area contributed by atoms with E-state index in [1.54, 1.807) is 23.5 Å². The summed E-state index contributed by atoms with van der Waals surface area (Å²) in [5.41, 5.74) is 1.08. The van der Waals surface area contributed by atoms with Crippen molar-refractivity contribution in [2.45, 2.75) is 18.8 Å². The van der Waals surface area contributed by atoms with Crippen LogP contribution in [0, 0.1) is 11.7 Å². The predicted octanol–water partition coefficient (Wildman–Crippen LogP) is 3.12. The topological polar surface area (TPSA) is 36.4 Å². The molecule has 2 fully saturated rings. The maximum atomic E-state index is 13.0. The van der Waals surface area contributed by atoms with Gasteiger partial charge in [-0.2, -0.15) is 0 Å². The Morgan fingerprint density at radius 2 is 2.00 bits per heavy atom. The van der Waals surface area contributed by atoms with Gasteiger partial charge in [-0.05, 0) is 36.5 Å². The smallest absolute Gasteiger partial charge is 0.226 e. The Kier molecular flexibility index (Phi) is 4.22. The molecule has 1 saturated heterocycles. The second-order valence-electron chi connectivity index (χ2n) is 6.48. The van der Waals surface area contributed by atoms with Gasteiger partial charge in [-0.1, -0.05) is 12.1 Å². The summed E-state index contributed by atoms with van der Waals surface area (Å²) in [6, 6.07) is 6.57. The summed E-state index contributed by atoms with van der Waals surface area (Å²) in [6.07, 6.45) is 3.68. The zero-order valence-corrected chi connectivity index (χ0v) is 14.2. The summed E-state index contributed by atoms with van der Waals surface area (Å²) in [6.45, 7) is 3.36. The zero-order valence-electron chi connectivity index (χ0n) is 13.4. The molecule has 6 heteroatoms. The number of hydrogen-bond acceptors (Lipinski definition) is 4. The third-order valence-electron chi connectivity index (χ3n) is 4.90. The number of thiazole rings is 1. The van der Waals surface area contributed by atoms with Gasteiger partial charge in [0.15, 0.2) is 5.13 Å². The fourth-order valence-corrected chi connectivity index (χ4v) is 4.18. The summed E-state index contributed by atoms with van der Waals surface area (Å²) in [4.78, 5) is 21.4. The molecule has 24 heavy (non-hydrogen) atoms. The number of aromatic nitrogens is 1. The highest BCUT2D eigenvalue weighted by atomic mass is 32.1. The molecule has 1 aliphatic heterocycles. The first kappa shape index (κ1) is 15.6. The van der Waals surface area contributed by atoms with Crippen molar-refractivity contribution in [3.8, 4) is 0 Å². The lowest BCUT2D eigenvalue weighted by Crippen LogP contribution is -2.36. The Morgan fingerprint density at radius 1 is 1.17 bits per heavy atom. The van der Waals surface area contributed by atoms with Crippen molar-refractivity contribution in [2.24, 2.45) is 5.92 Å². The third kappa shape index (κ3) is 3.15. The average Bonchev–Trinajstić information content (AvgIpc) is 3.28. The highest BCUT2D eigenvalue weighted by Gasteiger charge is 2.45. The van der Waals surface area contributed by atoms with Crippen LogP contribution >= 0.6 is 11.3 Å². The SMILES string of the molecule is O=C([C@H]1C[C@@H]1c1ccc(F)cc1)N1CCCN(c2nccs2)CC1. The lowest BCUT2D eigenvalue weighted by molar-refractivity contribution is -0.132. The van der Waals surface area contributed by atoms with E-state index >= 15 is 0 Å². The third-order valence-corrected chi connectivity index (χ3v) is 5.74. The van der Waals surface area contributed by atoms with Crippen LogP contribution in [0.1, 0.15) is 24.3 Å². The van der Waals surface area contributed by atoms with Gasteiger partial charge in [-0.15, -0.1) is 11.3 Å². The van der Waals surface area contributed by atoms with E-state index in [4.69, 9.17) is 0 Å². The van der Waals surface area contributed by atoms with E-state index < -0.39 is 0 Å². The van der Waals surface area contributed by atoms with Gasteiger partial charge in [0.2, 0.25) is 5.91 Å². The van der Waals surface area contributed by atoms with Crippen LogP contribution in [0.5, 0.6) is 0 Å². The van der Waals surface area contributed by atoms with E-state index in [-0.39, 0.29) is 23.6 Å². The maximum absolute atomic E-state index is 13.0. The number of benzene rings is 1. The molecule has 0 bridgehead atoms. The Hall–Kier alpha value is -1.95. The number of nitrogens with zero attached hydrogens (tertiary/aromatic N) is 3. The average molecular weight is 345 g/mol. The summed E-state index contributed by atoms with van der Waals surface area (Å²) < 4.78 is 13.0. The van der Waals surface area contributed by atoms with E-state index in [1.807, 2.05) is 16.5 Å². The van der Waals surface area contributed by atoms with Crippen molar-refractivity contribution >= 4 is 22.4 Å². The Balaban J connectivity index is 1.36. The van der Waals surface area contributed by atoms with E-state index in [1.165, 1.54) is 12.1 Å². The molecule has 1 aromatic carbocycles. The Bertz CT molecular complexity index is 704. The molecule has 0 unspecified atom stereocenters. The number of rotatable bonds is 3. The number of hydrogen-bond donors (Lipinski definition) is 0. The second-order valence-corrected chi connectivity index (χ2v) is 7.35. The van der Waals surface area contributed by atoms with Crippen LogP contribution in [0.25, 0.3) is 0 Å². The summed E-state index contributed by atoms with van der Waals surface area (Å²) in [5, 5.41) is 3.03. The van der Waals surface area contributed by atoms with Gasteiger partial charge in [0, 0.05) is 43.7 Å². The van der Waals surface area contributed by atoms with Crippen LogP contribution in [-0.4, -0.2) is 42.0 Å². The van der Waals surface area contributed by atoms with Gasteiger partial charge in [-0.25, -0.2) is 9.37 Å². The molecule has 0 N–H and O–H groups in total. The predicted molar refractivity (Wildman–Crippen MR) is 92.8 cm³/mol. The maximum Gasteiger partial charge on any atom is 0.226 e. The lowest BCUT2D eigenvalue weighted by atomic mass is 10.1. The fourth-order valence-electron chi connectivity index (χ4n) is 3.48. The fraction of sp³-hybridized carbons (Fsp3) is 0.444. The quantitative estimate of drug-likeness (QED) is 0.858. The van der Waals surface area contributed by atoms with Crippen molar-refractivity contribution in [1.29, 1.82) is 0 Å². The largest absolute Gasteiger partial charge is 0.346 e. The van der Waals surface area contributed by atoms with Crippen LogP contribution in [0.3, 0.4) is 0 Å². The summed E-state index contributed by atoms with van der Waals surface area (Å²) >= 11 is 1.65. The minimum atomic E-state index is -0.225. The van der Waals surface area contributed by atoms with Gasteiger partial charge in [0.1, 0.15) is 5.82 Å². The molecule has 126 valence electrons. The molecular formula is C18H20FN3OS. The molecule has 1 aliphatic carbocycles. The molecule has 0 spiro atoms. The molecule has 4 rings (SSSR count). The molecular weight excluding hydrogens is 325 g/mol. The molecule has 4 nitrogen and oxygen atoms in total. The molecule has 1 saturated carbocycles. The molecule has 2 atom stereocenters. The lowest BCUT2D eigenvalue weighted by Gasteiger charge is -2.22. The molecule has 2 heterocycles. The van der Waals surface area contributed by atoms with E-state index in [0.29, 0.717) is 0 Å². The minimum Gasteiger partial charge on any atom is -0.346 e. The summed E-state index contributed by atoms with van der Waals surface area (Å²) in [7, 11) is 0. The molecule has 1 aromatic heterocycles. The van der Waals surface area contributed by atoms with E-state index in [2.05, 4.69) is 9.88 Å². The van der Waals surface area contributed by atoms with Crippen molar-refractivity contribution < 1.29 is 9.18 Å². The molecule has 2 aromatic rings. The number of halogens is 1. The molecule has 0 radical (unpaired) electrons. The number of amides is 1. The van der Waals surface area contributed by atoms with Crippen LogP contribution in [0.4, 0.5) is 9.52 Å². The van der Waals surface area contributed by atoms with Crippen molar-refractivity contribution in [3.05, 3.63) is 47.2 Å². The summed E-state index contributed by atoms with van der Waals surface area (Å²) in [5.74, 6) is 0.362. The zero-order chi connectivity index (χ0) is 16.5. The second kappa shape index (κ2) is 6.51. The van der Waals surface area contributed by atoms with Crippen LogP contribution in [-0.2, 0) is 4.79 Å². The standard InChI is InChI=1S/C18H20FN3OS/c19-14-4-2-13(3-5-14)15-12-16(15)17(23)21-7-1-8-22(10-9-21)18-20-6-11-24-18/h2-6,11,15-16H,1,7-10,12H2/t15-,16+/m1/s1. The van der Waals surface area contributed by atoms with E-state index in [9.17, 15) is 9.18 Å². The van der Waals surface area contributed by atoms with Gasteiger partial charge in [0.25, 0.3) is 0 Å². The van der Waals surface area contributed by atoms with Crippen molar-refractivity contribution in [2.75, 3.05) is 31.1 Å². The molecule has 2 aliphatic rings. The number of carbonyl (C=O) groups is 1. The minimum absolute atomic E-state index is 0.0712. The first-order chi connectivity index (χ1) is 11.7. The Labute approximate surface area is 144 Å². The highest BCUT2D eigenvalue weighted by Crippen LogP contribution is 2.48. The monoisotopic (exact) mass is 345 g/mol.